The van der Waals surface area contributed by atoms with Gasteiger partial charge in [0, 0.05) is 24.2 Å². The highest BCUT2D eigenvalue weighted by molar-refractivity contribution is 5.94. The van der Waals surface area contributed by atoms with Crippen LogP contribution in [0.5, 0.6) is 0 Å². The Bertz CT molecular complexity index is 2120. The summed E-state index contributed by atoms with van der Waals surface area (Å²) in [5, 5.41) is 16.3. The molecule has 0 radical (unpaired) electrons. The molecule has 4 aromatic carbocycles. The fourth-order valence-electron chi connectivity index (χ4n) is 5.12. The molecule has 6 aromatic rings. The Morgan fingerprint density at radius 2 is 1.63 bits per heavy atom. The second-order valence-corrected chi connectivity index (χ2v) is 9.70. The molecule has 0 fully saturated rings. The Kier molecular flexibility index (Phi) is 6.30. The smallest absolute Gasteiger partial charge is 0.335 e. The van der Waals surface area contributed by atoms with E-state index in [-0.39, 0.29) is 35.2 Å². The van der Waals surface area contributed by atoms with Crippen LogP contribution in [0.4, 0.5) is 8.78 Å². The first kappa shape index (κ1) is 25.9. The Balaban J connectivity index is 1.66. The second kappa shape index (κ2) is 9.98. The summed E-state index contributed by atoms with van der Waals surface area (Å²) in [4.78, 5) is 38.7. The van der Waals surface area contributed by atoms with Crippen LogP contribution in [-0.4, -0.2) is 30.0 Å². The van der Waals surface area contributed by atoms with Crippen molar-refractivity contribution in [1.29, 1.82) is 0 Å². The highest BCUT2D eigenvalue weighted by Gasteiger charge is 2.24. The van der Waals surface area contributed by atoms with Crippen molar-refractivity contribution in [3.05, 3.63) is 134 Å². The van der Waals surface area contributed by atoms with Gasteiger partial charge >= 0.3 is 11.7 Å². The molecule has 1 N–H and O–H groups in total. The number of hydrogen-bond acceptors (Lipinski definition) is 4. The standard InChI is InChI=1S/C31H22F2N4O4/c1-35-29(38)26-27(19-8-5-9-20(14-19)30(39)40)37(17-21-10-4-7-18-6-2-3-11-24(18)21)34-28(26)36(31(35)41)16-22-12-13-23(32)15-25(22)33/h2-15H,16-17H2,1H3,(H,39,40). The van der Waals surface area contributed by atoms with E-state index in [0.717, 1.165) is 37.6 Å². The summed E-state index contributed by atoms with van der Waals surface area (Å²) in [6.07, 6.45) is 0. The van der Waals surface area contributed by atoms with Crippen molar-refractivity contribution in [2.45, 2.75) is 13.1 Å². The van der Waals surface area contributed by atoms with Crippen LogP contribution >= 0.6 is 0 Å². The van der Waals surface area contributed by atoms with Crippen molar-refractivity contribution in [1.82, 2.24) is 18.9 Å². The average Bonchev–Trinajstić information content (AvgIpc) is 3.34. The molecule has 6 rings (SSSR count). The quantitative estimate of drug-likeness (QED) is 0.320. The van der Waals surface area contributed by atoms with Crippen molar-refractivity contribution in [3.8, 4) is 11.3 Å². The van der Waals surface area contributed by atoms with Crippen LogP contribution in [0, 0.1) is 11.6 Å². The number of fused-ring (bicyclic) bond motifs is 2. The Labute approximate surface area is 231 Å². The number of halogens is 2. The lowest BCUT2D eigenvalue weighted by molar-refractivity contribution is 0.0697. The lowest BCUT2D eigenvalue weighted by atomic mass is 10.0. The summed E-state index contributed by atoms with van der Waals surface area (Å²) in [5.41, 5.74) is 0.263. The van der Waals surface area contributed by atoms with E-state index >= 15 is 0 Å². The van der Waals surface area contributed by atoms with Gasteiger partial charge in [0.1, 0.15) is 17.0 Å². The van der Waals surface area contributed by atoms with Gasteiger partial charge < -0.3 is 5.11 Å². The third kappa shape index (κ3) is 4.49. The van der Waals surface area contributed by atoms with E-state index in [1.54, 1.807) is 16.8 Å². The van der Waals surface area contributed by atoms with Crippen molar-refractivity contribution in [2.24, 2.45) is 7.05 Å². The zero-order valence-electron chi connectivity index (χ0n) is 21.7. The first-order chi connectivity index (χ1) is 19.7. The van der Waals surface area contributed by atoms with Gasteiger partial charge in [0.2, 0.25) is 0 Å². The minimum Gasteiger partial charge on any atom is -0.478 e. The SMILES string of the molecule is Cn1c(=O)c2c(-c3cccc(C(=O)O)c3)n(Cc3cccc4ccccc34)nc2n(Cc2ccc(F)cc2F)c1=O. The molecular weight excluding hydrogens is 530 g/mol. The average molecular weight is 553 g/mol. The number of carboxylic acid groups (broad SMARTS) is 1. The number of benzene rings is 4. The summed E-state index contributed by atoms with van der Waals surface area (Å²) in [7, 11) is 1.31. The van der Waals surface area contributed by atoms with Crippen LogP contribution in [-0.2, 0) is 20.1 Å². The highest BCUT2D eigenvalue weighted by Crippen LogP contribution is 2.29. The molecule has 0 bridgehead atoms. The van der Waals surface area contributed by atoms with Crippen LogP contribution in [0.3, 0.4) is 0 Å². The monoisotopic (exact) mass is 552 g/mol. The van der Waals surface area contributed by atoms with Gasteiger partial charge in [0.05, 0.1) is 24.3 Å². The van der Waals surface area contributed by atoms with E-state index in [2.05, 4.69) is 0 Å². The van der Waals surface area contributed by atoms with Crippen LogP contribution in [0.1, 0.15) is 21.5 Å². The van der Waals surface area contributed by atoms with Crippen molar-refractivity contribution >= 4 is 27.8 Å². The maximum atomic E-state index is 14.6. The topological polar surface area (TPSA) is 99.1 Å². The summed E-state index contributed by atoms with van der Waals surface area (Å²) >= 11 is 0. The predicted octanol–water partition coefficient (Wildman–Crippen LogP) is 4.79. The third-order valence-corrected chi connectivity index (χ3v) is 7.15. The molecule has 8 nitrogen and oxygen atoms in total. The minimum absolute atomic E-state index is 0.00205. The zero-order chi connectivity index (χ0) is 28.8. The molecule has 0 unspecified atom stereocenters. The van der Waals surface area contributed by atoms with Crippen molar-refractivity contribution in [2.75, 3.05) is 0 Å². The summed E-state index contributed by atoms with van der Waals surface area (Å²) in [5.74, 6) is -2.75. The zero-order valence-corrected chi connectivity index (χ0v) is 21.7. The number of aromatic nitrogens is 4. The van der Waals surface area contributed by atoms with Crippen LogP contribution < -0.4 is 11.2 Å². The lowest BCUT2D eigenvalue weighted by Crippen LogP contribution is -2.38. The first-order valence-corrected chi connectivity index (χ1v) is 12.7. The van der Waals surface area contributed by atoms with E-state index in [1.165, 1.54) is 25.2 Å². The number of rotatable bonds is 6. The van der Waals surface area contributed by atoms with Gasteiger partial charge in [0.15, 0.2) is 5.65 Å². The molecule has 2 heterocycles. The normalized spacial score (nSPS) is 11.4. The summed E-state index contributed by atoms with van der Waals surface area (Å²) in [6.45, 7) is -0.125. The van der Waals surface area contributed by atoms with E-state index in [1.807, 2.05) is 42.5 Å². The van der Waals surface area contributed by atoms with E-state index in [4.69, 9.17) is 5.10 Å². The molecule has 0 saturated carbocycles. The highest BCUT2D eigenvalue weighted by atomic mass is 19.1. The van der Waals surface area contributed by atoms with Gasteiger partial charge in [-0.05, 0) is 34.5 Å². The number of carbonyl (C=O) groups is 1. The molecule has 0 aliphatic carbocycles. The van der Waals surface area contributed by atoms with Gasteiger partial charge in [-0.2, -0.15) is 5.10 Å². The first-order valence-electron chi connectivity index (χ1n) is 12.7. The van der Waals surface area contributed by atoms with Gasteiger partial charge in [-0.15, -0.1) is 0 Å². The Morgan fingerprint density at radius 1 is 0.878 bits per heavy atom. The van der Waals surface area contributed by atoms with Gasteiger partial charge in [-0.1, -0.05) is 60.7 Å². The molecule has 10 heteroatoms. The third-order valence-electron chi connectivity index (χ3n) is 7.15. The van der Waals surface area contributed by atoms with Crippen molar-refractivity contribution in [3.63, 3.8) is 0 Å². The molecule has 0 amide bonds. The van der Waals surface area contributed by atoms with Crippen LogP contribution in [0.15, 0.2) is 94.5 Å². The Hall–Kier alpha value is -5.38. The molecule has 2 aromatic heterocycles. The number of hydrogen-bond donors (Lipinski definition) is 1. The second-order valence-electron chi connectivity index (χ2n) is 9.70. The Morgan fingerprint density at radius 3 is 2.41 bits per heavy atom. The molecule has 41 heavy (non-hydrogen) atoms. The molecule has 204 valence electrons. The van der Waals surface area contributed by atoms with E-state index < -0.39 is 28.9 Å². The largest absolute Gasteiger partial charge is 0.478 e. The minimum atomic E-state index is -1.15. The fraction of sp³-hybridized carbons (Fsp3) is 0.0968. The number of nitrogens with zero attached hydrogens (tertiary/aromatic N) is 4. The van der Waals surface area contributed by atoms with Gasteiger partial charge in [-0.3, -0.25) is 18.6 Å². The molecule has 0 spiro atoms. The predicted molar refractivity (Wildman–Crippen MR) is 150 cm³/mol. The maximum Gasteiger partial charge on any atom is 0.335 e. The number of carboxylic acids is 1. The van der Waals surface area contributed by atoms with E-state index in [9.17, 15) is 28.3 Å². The number of aromatic carboxylic acids is 1. The maximum absolute atomic E-state index is 14.6. The summed E-state index contributed by atoms with van der Waals surface area (Å²) in [6, 6.07) is 22.7. The van der Waals surface area contributed by atoms with Crippen molar-refractivity contribution < 1.29 is 18.7 Å². The van der Waals surface area contributed by atoms with Crippen LogP contribution in [0.25, 0.3) is 33.1 Å². The lowest BCUT2D eigenvalue weighted by Gasteiger charge is -2.11. The molecule has 0 atom stereocenters. The van der Waals surface area contributed by atoms with Crippen LogP contribution in [0.2, 0.25) is 0 Å². The summed E-state index contributed by atoms with van der Waals surface area (Å²) < 4.78 is 31.8. The fourth-order valence-corrected chi connectivity index (χ4v) is 5.12. The van der Waals surface area contributed by atoms with E-state index in [0.29, 0.717) is 11.3 Å². The van der Waals surface area contributed by atoms with Gasteiger partial charge in [-0.25, -0.2) is 18.4 Å². The molecular formula is C31H22F2N4O4. The van der Waals surface area contributed by atoms with Gasteiger partial charge in [0.25, 0.3) is 5.56 Å². The molecule has 0 saturated heterocycles. The molecule has 0 aliphatic heterocycles. The molecule has 0 aliphatic rings.